The number of ether oxygens (including phenoxy) is 1. The number of nitrogens with zero attached hydrogens (tertiary/aromatic N) is 2. The molecule has 0 bridgehead atoms. The summed E-state index contributed by atoms with van der Waals surface area (Å²) in [6.45, 7) is 4.56. The van der Waals surface area contributed by atoms with Crippen LogP contribution in [0.5, 0.6) is 5.75 Å². The van der Waals surface area contributed by atoms with Gasteiger partial charge in [0.1, 0.15) is 11.4 Å². The van der Waals surface area contributed by atoms with Crippen LogP contribution < -0.4 is 4.74 Å². The number of para-hydroxylation sites is 1. The van der Waals surface area contributed by atoms with E-state index in [0.29, 0.717) is 0 Å². The van der Waals surface area contributed by atoms with Crippen LogP contribution in [0.3, 0.4) is 0 Å². The van der Waals surface area contributed by atoms with Crippen molar-refractivity contribution in [3.63, 3.8) is 0 Å². The van der Waals surface area contributed by atoms with E-state index < -0.39 is 0 Å². The molecule has 1 unspecified atom stereocenters. The number of rotatable bonds is 18. The van der Waals surface area contributed by atoms with E-state index in [-0.39, 0.29) is 5.60 Å². The number of fused-ring (bicyclic) bond motifs is 1. The lowest BCUT2D eigenvalue weighted by atomic mass is 9.83. The van der Waals surface area contributed by atoms with Crippen LogP contribution in [0.15, 0.2) is 60.9 Å². The summed E-state index contributed by atoms with van der Waals surface area (Å²) in [4.78, 5) is 9.56. The molecule has 39 heavy (non-hydrogen) atoms. The summed E-state index contributed by atoms with van der Waals surface area (Å²) in [5.74, 6) is 1.84. The van der Waals surface area contributed by atoms with Gasteiger partial charge in [-0.15, -0.1) is 0 Å². The molecule has 0 amide bonds. The monoisotopic (exact) mass is 526 g/mol. The highest BCUT2D eigenvalue weighted by Crippen LogP contribution is 2.45. The van der Waals surface area contributed by atoms with Crippen molar-refractivity contribution < 1.29 is 4.74 Å². The smallest absolute Gasteiger partial charge is 0.159 e. The predicted octanol–water partition coefficient (Wildman–Crippen LogP) is 10.4. The van der Waals surface area contributed by atoms with Crippen molar-refractivity contribution in [3.05, 3.63) is 77.6 Å². The van der Waals surface area contributed by atoms with Crippen molar-refractivity contribution in [1.29, 1.82) is 0 Å². The largest absolute Gasteiger partial charge is 0.482 e. The SMILES string of the molecule is CCCCCCCCCCc1cnc(-c2cccc(C3(CCCCCCCC)Cc4ccccc4O3)c2)nc1. The van der Waals surface area contributed by atoms with Crippen molar-refractivity contribution in [3.8, 4) is 17.1 Å². The average Bonchev–Trinajstić information content (AvgIpc) is 3.36. The third kappa shape index (κ3) is 8.65. The van der Waals surface area contributed by atoms with Crippen molar-refractivity contribution in [2.24, 2.45) is 0 Å². The van der Waals surface area contributed by atoms with Gasteiger partial charge in [0.05, 0.1) is 0 Å². The Morgan fingerprint density at radius 3 is 2.03 bits per heavy atom. The summed E-state index contributed by atoms with van der Waals surface area (Å²) in [6.07, 6.45) is 25.6. The maximum absolute atomic E-state index is 6.77. The Hall–Kier alpha value is -2.68. The van der Waals surface area contributed by atoms with E-state index in [0.717, 1.165) is 36.4 Å². The maximum Gasteiger partial charge on any atom is 0.159 e. The van der Waals surface area contributed by atoms with E-state index in [9.17, 15) is 0 Å². The molecule has 210 valence electrons. The second-order valence-corrected chi connectivity index (χ2v) is 11.6. The number of benzene rings is 2. The zero-order valence-electron chi connectivity index (χ0n) is 24.6. The Morgan fingerprint density at radius 1 is 0.692 bits per heavy atom. The molecule has 0 saturated heterocycles. The van der Waals surface area contributed by atoms with Gasteiger partial charge in [0.25, 0.3) is 0 Å². The summed E-state index contributed by atoms with van der Waals surface area (Å²) >= 11 is 0. The Balaban J connectivity index is 1.37. The second kappa shape index (κ2) is 15.8. The lowest BCUT2D eigenvalue weighted by molar-refractivity contribution is 0.0791. The Kier molecular flexibility index (Phi) is 11.9. The molecule has 1 aromatic heterocycles. The molecule has 3 heteroatoms. The van der Waals surface area contributed by atoms with Crippen LogP contribution in [-0.2, 0) is 18.4 Å². The van der Waals surface area contributed by atoms with Crippen LogP contribution in [0, 0.1) is 0 Å². The van der Waals surface area contributed by atoms with Crippen molar-refractivity contribution in [1.82, 2.24) is 9.97 Å². The van der Waals surface area contributed by atoms with Gasteiger partial charge < -0.3 is 4.74 Å². The summed E-state index contributed by atoms with van der Waals surface area (Å²) in [6, 6.07) is 17.4. The molecule has 2 aromatic carbocycles. The van der Waals surface area contributed by atoms with Crippen LogP contribution in [0.25, 0.3) is 11.4 Å². The maximum atomic E-state index is 6.77. The van der Waals surface area contributed by atoms with Crippen molar-refractivity contribution in [2.75, 3.05) is 0 Å². The fourth-order valence-corrected chi connectivity index (χ4v) is 5.98. The zero-order chi connectivity index (χ0) is 27.2. The lowest BCUT2D eigenvalue weighted by Crippen LogP contribution is -2.31. The third-order valence-electron chi connectivity index (χ3n) is 8.36. The number of aryl methyl sites for hydroxylation is 1. The molecule has 3 nitrogen and oxygen atoms in total. The molecular formula is C36H50N2O. The van der Waals surface area contributed by atoms with Crippen molar-refractivity contribution in [2.45, 2.75) is 129 Å². The minimum absolute atomic E-state index is 0.305. The normalized spacial score (nSPS) is 16.3. The van der Waals surface area contributed by atoms with Crippen molar-refractivity contribution >= 4 is 0 Å². The number of hydrogen-bond donors (Lipinski definition) is 0. The molecule has 0 N–H and O–H groups in total. The molecule has 0 aliphatic carbocycles. The van der Waals surface area contributed by atoms with Gasteiger partial charge in [0.15, 0.2) is 5.82 Å². The molecule has 2 heterocycles. The second-order valence-electron chi connectivity index (χ2n) is 11.6. The number of aromatic nitrogens is 2. The highest BCUT2D eigenvalue weighted by molar-refractivity contribution is 5.57. The van der Waals surface area contributed by atoms with E-state index in [1.807, 2.05) is 12.4 Å². The van der Waals surface area contributed by atoms with Crippen LogP contribution in [0.2, 0.25) is 0 Å². The van der Waals surface area contributed by atoms with E-state index >= 15 is 0 Å². The highest BCUT2D eigenvalue weighted by Gasteiger charge is 2.40. The molecule has 0 spiro atoms. The Labute approximate surface area is 237 Å². The summed E-state index contributed by atoms with van der Waals surface area (Å²) in [5.41, 5.74) is 4.58. The molecule has 0 saturated carbocycles. The molecule has 3 aromatic rings. The van der Waals surface area contributed by atoms with Gasteiger partial charge in [-0.3, -0.25) is 0 Å². The first-order chi connectivity index (χ1) is 19.2. The van der Waals surface area contributed by atoms with E-state index in [4.69, 9.17) is 14.7 Å². The van der Waals surface area contributed by atoms with Crippen LogP contribution in [0.1, 0.15) is 127 Å². The van der Waals surface area contributed by atoms with E-state index in [1.165, 1.54) is 107 Å². The van der Waals surface area contributed by atoms with Crippen LogP contribution in [-0.4, -0.2) is 9.97 Å². The topological polar surface area (TPSA) is 35.0 Å². The third-order valence-corrected chi connectivity index (χ3v) is 8.36. The number of hydrogen-bond acceptors (Lipinski definition) is 3. The lowest BCUT2D eigenvalue weighted by Gasteiger charge is -2.30. The van der Waals surface area contributed by atoms with Gasteiger partial charge in [0.2, 0.25) is 0 Å². The van der Waals surface area contributed by atoms with Gasteiger partial charge in [-0.2, -0.15) is 0 Å². The Bertz CT molecular complexity index is 1080. The summed E-state index contributed by atoms with van der Waals surface area (Å²) in [7, 11) is 0. The Morgan fingerprint density at radius 2 is 1.33 bits per heavy atom. The van der Waals surface area contributed by atoms with Gasteiger partial charge in [-0.1, -0.05) is 127 Å². The van der Waals surface area contributed by atoms with Gasteiger partial charge in [0, 0.05) is 24.4 Å². The van der Waals surface area contributed by atoms with E-state index in [1.54, 1.807) is 0 Å². The summed E-state index contributed by atoms with van der Waals surface area (Å²) in [5, 5.41) is 0. The highest BCUT2D eigenvalue weighted by atomic mass is 16.5. The fourth-order valence-electron chi connectivity index (χ4n) is 5.98. The molecular weight excluding hydrogens is 476 g/mol. The molecule has 1 aliphatic rings. The average molecular weight is 527 g/mol. The molecule has 0 fully saturated rings. The summed E-state index contributed by atoms with van der Waals surface area (Å²) < 4.78 is 6.77. The first-order valence-electron chi connectivity index (χ1n) is 15.9. The zero-order valence-corrected chi connectivity index (χ0v) is 24.6. The minimum atomic E-state index is -0.305. The van der Waals surface area contributed by atoms with Gasteiger partial charge in [-0.05, 0) is 54.5 Å². The molecule has 1 aliphatic heterocycles. The first kappa shape index (κ1) is 29.3. The molecule has 0 radical (unpaired) electrons. The van der Waals surface area contributed by atoms with Gasteiger partial charge in [-0.25, -0.2) is 9.97 Å². The van der Waals surface area contributed by atoms with Crippen LogP contribution in [0.4, 0.5) is 0 Å². The first-order valence-corrected chi connectivity index (χ1v) is 15.9. The van der Waals surface area contributed by atoms with Crippen LogP contribution >= 0.6 is 0 Å². The fraction of sp³-hybridized carbons (Fsp3) is 0.556. The predicted molar refractivity (Wildman–Crippen MR) is 164 cm³/mol. The van der Waals surface area contributed by atoms with Gasteiger partial charge >= 0.3 is 0 Å². The standard InChI is InChI=1S/C36H50N2O/c1-3-5-7-9-11-12-13-15-20-30-28-37-35(38-29-30)31-22-19-23-33(26-31)36(25-18-14-10-8-6-4-2)27-32-21-16-17-24-34(32)39-36/h16-17,19,21-24,26,28-29H,3-15,18,20,25,27H2,1-2H3. The molecule has 4 rings (SSSR count). The minimum Gasteiger partial charge on any atom is -0.482 e. The quantitative estimate of drug-likeness (QED) is 0.155. The number of unbranched alkanes of at least 4 members (excludes halogenated alkanes) is 12. The van der Waals surface area contributed by atoms with E-state index in [2.05, 4.69) is 62.4 Å². The molecule has 1 atom stereocenters.